The number of hydrogen-bond donors (Lipinski definition) is 0. The van der Waals surface area contributed by atoms with Crippen LogP contribution in [-0.2, 0) is 6.61 Å². The normalized spacial score (nSPS) is 9.93. The second-order valence-electron chi connectivity index (χ2n) is 3.10. The van der Waals surface area contributed by atoms with E-state index in [1.807, 2.05) is 36.4 Å². The zero-order chi connectivity index (χ0) is 10.5. The Balaban J connectivity index is 1.96. The van der Waals surface area contributed by atoms with Gasteiger partial charge in [0.1, 0.15) is 12.4 Å². The van der Waals surface area contributed by atoms with E-state index in [1.54, 1.807) is 12.4 Å². The number of rotatable bonds is 3. The molecule has 0 N–H and O–H groups in total. The number of ether oxygens (including phenoxy) is 1. The molecule has 76 valence electrons. The highest BCUT2D eigenvalue weighted by atomic mass is 35.5. The van der Waals surface area contributed by atoms with Crippen LogP contribution in [-0.4, -0.2) is 4.98 Å². The van der Waals surface area contributed by atoms with Gasteiger partial charge in [0, 0.05) is 11.2 Å². The van der Waals surface area contributed by atoms with E-state index in [9.17, 15) is 0 Å². The summed E-state index contributed by atoms with van der Waals surface area (Å²) in [5, 5.41) is 0.736. The lowest BCUT2D eigenvalue weighted by atomic mass is 10.2. The monoisotopic (exact) mass is 219 g/mol. The van der Waals surface area contributed by atoms with E-state index in [1.165, 1.54) is 0 Å². The van der Waals surface area contributed by atoms with Crippen LogP contribution < -0.4 is 4.74 Å². The van der Waals surface area contributed by atoms with Crippen LogP contribution in [0.1, 0.15) is 5.56 Å². The molecule has 1 aromatic carbocycles. The summed E-state index contributed by atoms with van der Waals surface area (Å²) in [6, 6.07) is 11.3. The van der Waals surface area contributed by atoms with Crippen molar-refractivity contribution in [1.82, 2.24) is 4.98 Å². The molecule has 0 atom stereocenters. The minimum Gasteiger partial charge on any atom is -0.487 e. The third-order valence-electron chi connectivity index (χ3n) is 1.95. The molecule has 15 heavy (non-hydrogen) atoms. The summed E-state index contributed by atoms with van der Waals surface area (Å²) in [6.07, 6.45) is 3.41. The maximum Gasteiger partial charge on any atom is 0.138 e. The van der Waals surface area contributed by atoms with Crippen LogP contribution in [0.3, 0.4) is 0 Å². The molecule has 1 aromatic heterocycles. The summed E-state index contributed by atoms with van der Waals surface area (Å²) in [5.74, 6) is 0.771. The molecule has 0 aliphatic rings. The molecule has 2 rings (SSSR count). The molecule has 0 radical (unpaired) electrons. The molecule has 0 unspecified atom stereocenters. The Kier molecular flexibility index (Phi) is 3.20. The average Bonchev–Trinajstić information content (AvgIpc) is 2.30. The first-order valence-electron chi connectivity index (χ1n) is 4.62. The van der Waals surface area contributed by atoms with Crippen molar-refractivity contribution in [3.8, 4) is 5.75 Å². The Morgan fingerprint density at radius 1 is 1.13 bits per heavy atom. The van der Waals surface area contributed by atoms with Gasteiger partial charge in [0.15, 0.2) is 0 Å². The third kappa shape index (κ3) is 2.96. The number of pyridine rings is 1. The Bertz CT molecular complexity index is 413. The molecular weight excluding hydrogens is 210 g/mol. The minimum atomic E-state index is 0.531. The fourth-order valence-corrected chi connectivity index (χ4v) is 1.31. The van der Waals surface area contributed by atoms with Crippen LogP contribution in [0.4, 0.5) is 0 Å². The number of nitrogens with zero attached hydrogens (tertiary/aromatic N) is 1. The molecule has 0 amide bonds. The van der Waals surface area contributed by atoms with E-state index >= 15 is 0 Å². The highest BCUT2D eigenvalue weighted by molar-refractivity contribution is 6.30. The highest BCUT2D eigenvalue weighted by Gasteiger charge is 1.95. The van der Waals surface area contributed by atoms with Crippen LogP contribution in [0, 0.1) is 0 Å². The molecule has 0 saturated heterocycles. The van der Waals surface area contributed by atoms with Crippen LogP contribution >= 0.6 is 11.6 Å². The van der Waals surface area contributed by atoms with Crippen molar-refractivity contribution < 1.29 is 4.74 Å². The first-order valence-corrected chi connectivity index (χ1v) is 5.00. The van der Waals surface area contributed by atoms with Gasteiger partial charge in [0.2, 0.25) is 0 Å². The topological polar surface area (TPSA) is 22.1 Å². The summed E-state index contributed by atoms with van der Waals surface area (Å²) < 4.78 is 5.53. The molecule has 0 spiro atoms. The Hall–Kier alpha value is -1.54. The highest BCUT2D eigenvalue weighted by Crippen LogP contribution is 2.12. The lowest BCUT2D eigenvalue weighted by molar-refractivity contribution is 0.305. The van der Waals surface area contributed by atoms with Crippen molar-refractivity contribution in [1.29, 1.82) is 0 Å². The first-order chi connectivity index (χ1) is 7.34. The second-order valence-corrected chi connectivity index (χ2v) is 3.54. The fraction of sp³-hybridized carbons (Fsp3) is 0.0833. The Labute approximate surface area is 93.5 Å². The summed E-state index contributed by atoms with van der Waals surface area (Å²) in [6.45, 7) is 0.531. The summed E-state index contributed by atoms with van der Waals surface area (Å²) >= 11 is 5.78. The smallest absolute Gasteiger partial charge is 0.138 e. The lowest BCUT2D eigenvalue weighted by Crippen LogP contribution is -1.94. The lowest BCUT2D eigenvalue weighted by Gasteiger charge is -2.05. The van der Waals surface area contributed by atoms with Crippen molar-refractivity contribution in [2.45, 2.75) is 6.61 Å². The van der Waals surface area contributed by atoms with Crippen molar-refractivity contribution in [2.75, 3.05) is 0 Å². The maximum atomic E-state index is 5.78. The Morgan fingerprint density at radius 3 is 2.60 bits per heavy atom. The average molecular weight is 220 g/mol. The predicted octanol–water partition coefficient (Wildman–Crippen LogP) is 3.31. The zero-order valence-corrected chi connectivity index (χ0v) is 8.82. The van der Waals surface area contributed by atoms with Gasteiger partial charge in [0.25, 0.3) is 0 Å². The van der Waals surface area contributed by atoms with E-state index < -0.39 is 0 Å². The number of aromatic nitrogens is 1. The molecule has 1 heterocycles. The second kappa shape index (κ2) is 4.80. The fourth-order valence-electron chi connectivity index (χ4n) is 1.18. The number of halogens is 1. The molecule has 2 nitrogen and oxygen atoms in total. The molecule has 0 fully saturated rings. The van der Waals surface area contributed by atoms with E-state index in [4.69, 9.17) is 16.3 Å². The predicted molar refractivity (Wildman–Crippen MR) is 60.0 cm³/mol. The third-order valence-corrected chi connectivity index (χ3v) is 2.21. The molecule has 0 bridgehead atoms. The first kappa shape index (κ1) is 9.99. The van der Waals surface area contributed by atoms with Crippen molar-refractivity contribution in [3.63, 3.8) is 0 Å². The molecule has 3 heteroatoms. The number of benzene rings is 1. The summed E-state index contributed by atoms with van der Waals surface area (Å²) in [5.41, 5.74) is 1.09. The summed E-state index contributed by atoms with van der Waals surface area (Å²) in [7, 11) is 0. The SMILES string of the molecule is Clc1ccc(COc2cccnc2)cc1. The molecule has 0 saturated carbocycles. The van der Waals surface area contributed by atoms with E-state index in [-0.39, 0.29) is 0 Å². The van der Waals surface area contributed by atoms with Crippen LogP contribution in [0.5, 0.6) is 5.75 Å². The zero-order valence-electron chi connectivity index (χ0n) is 8.06. The molecular formula is C12H10ClNO. The van der Waals surface area contributed by atoms with Gasteiger partial charge in [-0.25, -0.2) is 0 Å². The van der Waals surface area contributed by atoms with Crippen molar-refractivity contribution in [2.24, 2.45) is 0 Å². The van der Waals surface area contributed by atoms with E-state index in [0.29, 0.717) is 6.61 Å². The minimum absolute atomic E-state index is 0.531. The largest absolute Gasteiger partial charge is 0.487 e. The van der Waals surface area contributed by atoms with Gasteiger partial charge in [-0.1, -0.05) is 23.7 Å². The summed E-state index contributed by atoms with van der Waals surface area (Å²) in [4.78, 5) is 3.96. The van der Waals surface area contributed by atoms with Gasteiger partial charge in [-0.15, -0.1) is 0 Å². The molecule has 0 aliphatic heterocycles. The van der Waals surface area contributed by atoms with Crippen LogP contribution in [0.15, 0.2) is 48.8 Å². The van der Waals surface area contributed by atoms with Gasteiger partial charge in [0.05, 0.1) is 6.20 Å². The van der Waals surface area contributed by atoms with Gasteiger partial charge in [-0.05, 0) is 29.8 Å². The van der Waals surface area contributed by atoms with E-state index in [2.05, 4.69) is 4.98 Å². The number of hydrogen-bond acceptors (Lipinski definition) is 2. The molecule has 0 aliphatic carbocycles. The van der Waals surface area contributed by atoms with Crippen LogP contribution in [0.2, 0.25) is 5.02 Å². The maximum absolute atomic E-state index is 5.78. The quantitative estimate of drug-likeness (QED) is 0.790. The van der Waals surface area contributed by atoms with Gasteiger partial charge in [-0.3, -0.25) is 4.98 Å². The van der Waals surface area contributed by atoms with E-state index in [0.717, 1.165) is 16.3 Å². The molecule has 2 aromatic rings. The van der Waals surface area contributed by atoms with Crippen LogP contribution in [0.25, 0.3) is 0 Å². The standard InChI is InChI=1S/C12H10ClNO/c13-11-5-3-10(4-6-11)9-15-12-2-1-7-14-8-12/h1-8H,9H2. The van der Waals surface area contributed by atoms with Gasteiger partial charge < -0.3 is 4.74 Å². The van der Waals surface area contributed by atoms with Gasteiger partial charge >= 0.3 is 0 Å². The van der Waals surface area contributed by atoms with Crippen molar-refractivity contribution >= 4 is 11.6 Å². The Morgan fingerprint density at radius 2 is 1.93 bits per heavy atom. The van der Waals surface area contributed by atoms with Crippen molar-refractivity contribution in [3.05, 3.63) is 59.4 Å². The van der Waals surface area contributed by atoms with Gasteiger partial charge in [-0.2, -0.15) is 0 Å².